The predicted octanol–water partition coefficient (Wildman–Crippen LogP) is 38.8. The predicted molar refractivity (Wildman–Crippen MR) is 464 cm³/mol. The number of hydrogen-bond acceptors (Lipinski definition) is 0. The van der Waals surface area contributed by atoms with E-state index < -0.39 is 0 Å². The molecular weight excluding hydrogens is 1200 g/mol. The van der Waals surface area contributed by atoms with E-state index >= 15 is 0 Å². The molecule has 0 spiro atoms. The van der Waals surface area contributed by atoms with Crippen LogP contribution in [0.3, 0.4) is 0 Å². The topological polar surface area (TPSA) is 0 Å². The quantitative estimate of drug-likeness (QED) is 0.0421. The molecule has 0 heterocycles. The third kappa shape index (κ3) is 97.5. The van der Waals surface area contributed by atoms with E-state index in [1.807, 2.05) is 0 Å². The van der Waals surface area contributed by atoms with Crippen molar-refractivity contribution in [2.75, 3.05) is 0 Å². The highest BCUT2D eigenvalue weighted by Crippen LogP contribution is 2.23. The molecule has 0 rings (SSSR count). The Morgan fingerprint density at radius 2 is 0.110 bits per heavy atom. The van der Waals surface area contributed by atoms with E-state index in [4.69, 9.17) is 0 Å². The van der Waals surface area contributed by atoms with Crippen LogP contribution in [-0.2, 0) is 0 Å². The summed E-state index contributed by atoms with van der Waals surface area (Å²) in [5.74, 6) is 0. The van der Waals surface area contributed by atoms with Crippen LogP contribution in [0.4, 0.5) is 0 Å². The SMILES string of the molecule is C=CCCCCCCCCCCCCCCCCCCCCCCCCCCCCCCCCCCCCCCCCCCCCCCCCCCCCCCCCCCCCCCCCCCCCCCCCCCCCCCCCCCCCCCCCCCCCCCCCC=C. The van der Waals surface area contributed by atoms with Crippen LogP contribution in [0.25, 0.3) is 0 Å². The molecule has 0 amide bonds. The van der Waals surface area contributed by atoms with Crippen molar-refractivity contribution in [2.45, 2.75) is 616 Å². The Labute approximate surface area is 637 Å². The van der Waals surface area contributed by atoms with Crippen LogP contribution in [0.5, 0.6) is 0 Å². The van der Waals surface area contributed by atoms with E-state index in [2.05, 4.69) is 25.3 Å². The first-order chi connectivity index (χ1) is 49.9. The molecule has 0 aromatic rings. The zero-order valence-electron chi connectivity index (χ0n) is 70.5. The van der Waals surface area contributed by atoms with Crippen molar-refractivity contribution in [3.8, 4) is 0 Å². The Bertz CT molecular complexity index is 1260. The summed E-state index contributed by atoms with van der Waals surface area (Å²) in [6.07, 6.45) is 146. The molecule has 0 aliphatic rings. The minimum absolute atomic E-state index is 1.21. The second kappa shape index (κ2) is 98.5. The summed E-state index contributed by atoms with van der Waals surface area (Å²) < 4.78 is 0. The smallest absolute Gasteiger partial charge is 0.0353 e. The van der Waals surface area contributed by atoms with E-state index in [0.717, 1.165) is 0 Å². The van der Waals surface area contributed by atoms with Gasteiger partial charge in [-0.05, 0) is 25.7 Å². The number of rotatable bonds is 97. The van der Waals surface area contributed by atoms with Crippen LogP contribution in [0, 0.1) is 0 Å². The average molecular weight is 1400 g/mol. The van der Waals surface area contributed by atoms with Crippen LogP contribution in [0.1, 0.15) is 616 Å². The first-order valence-corrected chi connectivity index (χ1v) is 49.1. The molecule has 100 heavy (non-hydrogen) atoms. The van der Waals surface area contributed by atoms with Crippen LogP contribution < -0.4 is 0 Å². The molecule has 0 aromatic carbocycles. The fraction of sp³-hybridized carbons (Fsp3) is 0.960. The van der Waals surface area contributed by atoms with Crippen molar-refractivity contribution in [3.05, 3.63) is 25.3 Å². The van der Waals surface area contributed by atoms with E-state index in [1.54, 1.807) is 0 Å². The van der Waals surface area contributed by atoms with E-state index in [0.29, 0.717) is 0 Å². The maximum atomic E-state index is 3.83. The molecule has 0 nitrogen and oxygen atoms in total. The van der Waals surface area contributed by atoms with Gasteiger partial charge in [-0.25, -0.2) is 0 Å². The summed E-state index contributed by atoms with van der Waals surface area (Å²) in [4.78, 5) is 0. The summed E-state index contributed by atoms with van der Waals surface area (Å²) in [7, 11) is 0. The minimum atomic E-state index is 1.21. The molecule has 598 valence electrons. The first-order valence-electron chi connectivity index (χ1n) is 49.1. The van der Waals surface area contributed by atoms with Crippen LogP contribution >= 0.6 is 0 Å². The number of unbranched alkanes of at least 4 members (excludes halogenated alkanes) is 95. The summed E-state index contributed by atoms with van der Waals surface area (Å²) in [6.45, 7) is 7.65. The molecule has 0 aliphatic heterocycles. The van der Waals surface area contributed by atoms with Gasteiger partial charge in [0, 0.05) is 0 Å². The lowest BCUT2D eigenvalue weighted by molar-refractivity contribution is 0.505. The fourth-order valence-electron chi connectivity index (χ4n) is 16.8. The first kappa shape index (κ1) is 99.5. The van der Waals surface area contributed by atoms with Gasteiger partial charge in [-0.3, -0.25) is 0 Å². The van der Waals surface area contributed by atoms with Crippen LogP contribution in [0.2, 0.25) is 0 Å². The molecule has 0 bridgehead atoms. The summed E-state index contributed by atoms with van der Waals surface area (Å²) in [5.41, 5.74) is 0. The highest BCUT2D eigenvalue weighted by molar-refractivity contribution is 4.67. The maximum absolute atomic E-state index is 3.83. The van der Waals surface area contributed by atoms with Crippen molar-refractivity contribution in [1.82, 2.24) is 0 Å². The second-order valence-electron chi connectivity index (χ2n) is 34.4. The molecule has 0 saturated carbocycles. The molecule has 0 radical (unpaired) electrons. The summed E-state index contributed by atoms with van der Waals surface area (Å²) in [6, 6.07) is 0. The largest absolute Gasteiger partial charge is 0.103 e. The molecule has 0 fully saturated rings. The summed E-state index contributed by atoms with van der Waals surface area (Å²) in [5, 5.41) is 0. The van der Waals surface area contributed by atoms with E-state index in [-0.39, 0.29) is 0 Å². The third-order valence-electron chi connectivity index (χ3n) is 24.1. The number of allylic oxidation sites excluding steroid dienone is 2. The Morgan fingerprint density at radius 3 is 0.150 bits per heavy atom. The third-order valence-corrected chi connectivity index (χ3v) is 24.1. The van der Waals surface area contributed by atoms with Crippen molar-refractivity contribution in [2.24, 2.45) is 0 Å². The van der Waals surface area contributed by atoms with Gasteiger partial charge >= 0.3 is 0 Å². The molecular formula is C100H198. The summed E-state index contributed by atoms with van der Waals surface area (Å²) >= 11 is 0. The van der Waals surface area contributed by atoms with Gasteiger partial charge in [0.15, 0.2) is 0 Å². The second-order valence-corrected chi connectivity index (χ2v) is 34.4. The molecule has 0 N–H and O–H groups in total. The van der Waals surface area contributed by atoms with Crippen molar-refractivity contribution >= 4 is 0 Å². The fourth-order valence-corrected chi connectivity index (χ4v) is 16.8. The Kier molecular flexibility index (Phi) is 98.0. The van der Waals surface area contributed by atoms with E-state index in [1.165, 1.54) is 616 Å². The number of hydrogen-bond donors (Lipinski definition) is 0. The van der Waals surface area contributed by atoms with Gasteiger partial charge < -0.3 is 0 Å². The molecule has 0 aromatic heterocycles. The standard InChI is InChI=1S/C100H198/c1-3-5-7-9-11-13-15-17-19-21-23-25-27-29-31-33-35-37-39-41-43-45-47-49-51-53-55-57-59-61-63-65-67-69-71-73-75-77-79-81-83-85-87-89-91-93-95-97-99-100-98-96-94-92-90-88-86-84-82-80-78-76-74-72-70-68-66-64-62-60-58-56-54-52-50-48-46-44-42-40-38-36-34-32-30-28-26-24-22-20-18-16-14-12-10-8-6-4-2/h3-4H,1-2,5-100H2. The Balaban J connectivity index is 3.09. The molecule has 0 saturated heterocycles. The van der Waals surface area contributed by atoms with Gasteiger partial charge in [-0.15, -0.1) is 13.2 Å². The van der Waals surface area contributed by atoms with Crippen molar-refractivity contribution in [1.29, 1.82) is 0 Å². The Morgan fingerprint density at radius 1 is 0.0700 bits per heavy atom. The van der Waals surface area contributed by atoms with Crippen molar-refractivity contribution < 1.29 is 0 Å². The van der Waals surface area contributed by atoms with Gasteiger partial charge in [0.05, 0.1) is 0 Å². The zero-order chi connectivity index (χ0) is 71.3. The maximum Gasteiger partial charge on any atom is -0.0353 e. The van der Waals surface area contributed by atoms with Gasteiger partial charge in [0.2, 0.25) is 0 Å². The Hall–Kier alpha value is -0.520. The molecule has 0 unspecified atom stereocenters. The highest BCUT2D eigenvalue weighted by Gasteiger charge is 2.04. The van der Waals surface area contributed by atoms with Crippen LogP contribution in [0.15, 0.2) is 25.3 Å². The van der Waals surface area contributed by atoms with E-state index in [9.17, 15) is 0 Å². The lowest BCUT2D eigenvalue weighted by Gasteiger charge is -2.05. The zero-order valence-corrected chi connectivity index (χ0v) is 70.5. The van der Waals surface area contributed by atoms with Crippen molar-refractivity contribution in [3.63, 3.8) is 0 Å². The van der Waals surface area contributed by atoms with Gasteiger partial charge in [-0.1, -0.05) is 603 Å². The molecule has 0 heteroatoms. The molecule has 0 atom stereocenters. The highest BCUT2D eigenvalue weighted by atomic mass is 14.1. The van der Waals surface area contributed by atoms with Gasteiger partial charge in [-0.2, -0.15) is 0 Å². The normalized spacial score (nSPS) is 11.7. The average Bonchev–Trinajstić information content (AvgIpc) is 3.66. The monoisotopic (exact) mass is 1400 g/mol. The minimum Gasteiger partial charge on any atom is -0.103 e. The van der Waals surface area contributed by atoms with Crippen LogP contribution in [-0.4, -0.2) is 0 Å². The lowest BCUT2D eigenvalue weighted by atomic mass is 10.0. The lowest BCUT2D eigenvalue weighted by Crippen LogP contribution is -1.85. The molecule has 0 aliphatic carbocycles. The van der Waals surface area contributed by atoms with Gasteiger partial charge in [0.1, 0.15) is 0 Å². The van der Waals surface area contributed by atoms with Gasteiger partial charge in [0.25, 0.3) is 0 Å².